The summed E-state index contributed by atoms with van der Waals surface area (Å²) < 4.78 is 5.21. The molecule has 0 radical (unpaired) electrons. The van der Waals surface area contributed by atoms with Gasteiger partial charge in [-0.3, -0.25) is 14.8 Å². The van der Waals surface area contributed by atoms with Crippen molar-refractivity contribution in [1.29, 1.82) is 0 Å². The van der Waals surface area contributed by atoms with Crippen LogP contribution in [0.25, 0.3) is 11.3 Å². The Morgan fingerprint density at radius 1 is 0.970 bits per heavy atom. The van der Waals surface area contributed by atoms with Gasteiger partial charge < -0.3 is 20.3 Å². The molecule has 2 N–H and O–H groups in total. The number of hydrogen-bond acceptors (Lipinski definition) is 7. The van der Waals surface area contributed by atoms with Crippen molar-refractivity contribution >= 4 is 23.0 Å². The predicted molar refractivity (Wildman–Crippen MR) is 128 cm³/mol. The molecule has 3 aromatic rings. The lowest BCUT2D eigenvalue weighted by Gasteiger charge is -2.28. The molecule has 1 atom stereocenters. The van der Waals surface area contributed by atoms with Crippen LogP contribution in [-0.4, -0.2) is 58.5 Å². The lowest BCUT2D eigenvalue weighted by Crippen LogP contribution is -2.41. The van der Waals surface area contributed by atoms with E-state index in [-0.39, 0.29) is 11.9 Å². The van der Waals surface area contributed by atoms with E-state index in [4.69, 9.17) is 10.5 Å². The van der Waals surface area contributed by atoms with Gasteiger partial charge in [-0.15, -0.1) is 0 Å². The van der Waals surface area contributed by atoms with E-state index in [1.165, 1.54) is 0 Å². The summed E-state index contributed by atoms with van der Waals surface area (Å²) in [6.07, 6.45) is 5.84. The average Bonchev–Trinajstić information content (AvgIpc) is 3.07. The number of carbonyl (C=O) groups is 1. The van der Waals surface area contributed by atoms with Gasteiger partial charge in [-0.05, 0) is 49.7 Å². The second kappa shape index (κ2) is 10.1. The summed E-state index contributed by atoms with van der Waals surface area (Å²) in [4.78, 5) is 31.2. The van der Waals surface area contributed by atoms with Crippen LogP contribution in [0.15, 0.2) is 67.1 Å². The number of nitrogens with zero attached hydrogens (tertiary/aromatic N) is 5. The van der Waals surface area contributed by atoms with E-state index in [1.54, 1.807) is 37.8 Å². The topological polar surface area (TPSA) is 97.5 Å². The minimum atomic E-state index is -0.145. The zero-order valence-corrected chi connectivity index (χ0v) is 18.9. The number of nitrogens with two attached hydrogens (primary N) is 1. The number of hydrogen-bond donors (Lipinski definition) is 1. The third-order valence-electron chi connectivity index (χ3n) is 5.85. The van der Waals surface area contributed by atoms with Gasteiger partial charge >= 0.3 is 0 Å². The van der Waals surface area contributed by atoms with Gasteiger partial charge in [0.2, 0.25) is 0 Å². The van der Waals surface area contributed by atoms with E-state index in [1.807, 2.05) is 41.3 Å². The molecule has 1 amide bonds. The molecular formula is C25H28N6O2. The van der Waals surface area contributed by atoms with E-state index >= 15 is 0 Å². The van der Waals surface area contributed by atoms with E-state index in [9.17, 15) is 4.79 Å². The Morgan fingerprint density at radius 3 is 2.30 bits per heavy atom. The molecule has 1 aliphatic rings. The van der Waals surface area contributed by atoms with Crippen molar-refractivity contribution in [2.24, 2.45) is 5.73 Å². The molecule has 3 aromatic heterocycles. The molecule has 4 heterocycles. The Bertz CT molecular complexity index is 1100. The lowest BCUT2D eigenvalue weighted by atomic mass is 10.0. The summed E-state index contributed by atoms with van der Waals surface area (Å²) in [7, 11) is 1.62. The van der Waals surface area contributed by atoms with Crippen molar-refractivity contribution in [2.75, 3.05) is 31.6 Å². The molecule has 4 rings (SSSR count). The molecule has 33 heavy (non-hydrogen) atoms. The fourth-order valence-electron chi connectivity index (χ4n) is 3.94. The van der Waals surface area contributed by atoms with Gasteiger partial charge in [-0.2, -0.15) is 0 Å². The summed E-state index contributed by atoms with van der Waals surface area (Å²) in [5, 5.41) is 0. The third kappa shape index (κ3) is 4.95. The van der Waals surface area contributed by atoms with Gasteiger partial charge in [-0.25, -0.2) is 4.98 Å². The fraction of sp³-hybridized carbons (Fsp3) is 0.280. The van der Waals surface area contributed by atoms with Crippen LogP contribution >= 0.6 is 0 Å². The third-order valence-corrected chi connectivity index (χ3v) is 5.85. The average molecular weight is 445 g/mol. The molecule has 0 spiro atoms. The van der Waals surface area contributed by atoms with Gasteiger partial charge in [0, 0.05) is 38.1 Å². The highest BCUT2D eigenvalue weighted by molar-refractivity contribution is 6.25. The van der Waals surface area contributed by atoms with Crippen LogP contribution in [0.1, 0.15) is 24.7 Å². The first-order valence-corrected chi connectivity index (χ1v) is 11.0. The zero-order chi connectivity index (χ0) is 23.2. The Balaban J connectivity index is 1.63. The molecule has 1 unspecified atom stereocenters. The second-order valence-corrected chi connectivity index (χ2v) is 7.90. The van der Waals surface area contributed by atoms with E-state index in [0.717, 1.165) is 18.8 Å². The molecule has 1 fully saturated rings. The monoisotopic (exact) mass is 444 g/mol. The van der Waals surface area contributed by atoms with Crippen LogP contribution in [0.2, 0.25) is 0 Å². The van der Waals surface area contributed by atoms with Crippen LogP contribution < -0.4 is 15.4 Å². The lowest BCUT2D eigenvalue weighted by molar-refractivity contribution is -0.126. The number of methoxy groups -OCH3 is 1. The molecule has 170 valence electrons. The van der Waals surface area contributed by atoms with Crippen LogP contribution in [0, 0.1) is 0 Å². The van der Waals surface area contributed by atoms with Gasteiger partial charge in [0.15, 0.2) is 0 Å². The summed E-state index contributed by atoms with van der Waals surface area (Å²) in [5.41, 5.74) is 8.29. The number of anilines is 1. The first kappa shape index (κ1) is 22.3. The number of pyridine rings is 3. The van der Waals surface area contributed by atoms with Gasteiger partial charge in [0.25, 0.3) is 5.91 Å². The maximum absolute atomic E-state index is 13.9. The molecule has 1 saturated heterocycles. The molecule has 1 aliphatic heterocycles. The van der Waals surface area contributed by atoms with Crippen molar-refractivity contribution in [3.8, 4) is 5.75 Å². The highest BCUT2D eigenvalue weighted by atomic mass is 16.5. The molecule has 8 nitrogen and oxygen atoms in total. The molecule has 0 aromatic carbocycles. The van der Waals surface area contributed by atoms with Crippen molar-refractivity contribution < 1.29 is 9.53 Å². The Morgan fingerprint density at radius 2 is 1.70 bits per heavy atom. The number of carbonyl (C=O) groups excluding carboxylic acids is 1. The van der Waals surface area contributed by atoms with E-state index < -0.39 is 0 Å². The standard InChI is InChI=1S/C25H28N6O2/c1-18-11-14-30(22-10-9-19(33-2)17-29-22)15-16-31(18)25(32)23(20-7-3-5-12-27-20)24(26)21-8-4-6-13-28-21/h3-10,12-13,17-18H,11,14-16,26H2,1-2H3/b24-23+. The smallest absolute Gasteiger partial charge is 0.258 e. The van der Waals surface area contributed by atoms with Crippen LogP contribution in [-0.2, 0) is 4.79 Å². The summed E-state index contributed by atoms with van der Waals surface area (Å²) in [5.74, 6) is 1.44. The minimum Gasteiger partial charge on any atom is -0.495 e. The minimum absolute atomic E-state index is 0.0241. The number of ether oxygens (including phenoxy) is 1. The quantitative estimate of drug-likeness (QED) is 0.604. The Labute approximate surface area is 193 Å². The number of aromatic nitrogens is 3. The Hall–Kier alpha value is -3.94. The van der Waals surface area contributed by atoms with Gasteiger partial charge in [-0.1, -0.05) is 12.1 Å². The summed E-state index contributed by atoms with van der Waals surface area (Å²) in [6, 6.07) is 14.8. The van der Waals surface area contributed by atoms with Crippen molar-refractivity contribution in [1.82, 2.24) is 19.9 Å². The van der Waals surface area contributed by atoms with Crippen LogP contribution in [0.3, 0.4) is 0 Å². The molecule has 0 bridgehead atoms. The molecule has 0 saturated carbocycles. The van der Waals surface area contributed by atoms with E-state index in [0.29, 0.717) is 41.5 Å². The van der Waals surface area contributed by atoms with Crippen LogP contribution in [0.5, 0.6) is 5.75 Å². The van der Waals surface area contributed by atoms with Crippen molar-refractivity contribution in [3.63, 3.8) is 0 Å². The first-order chi connectivity index (χ1) is 16.1. The highest BCUT2D eigenvalue weighted by Gasteiger charge is 2.30. The molecule has 8 heteroatoms. The maximum atomic E-state index is 13.9. The zero-order valence-electron chi connectivity index (χ0n) is 18.9. The summed E-state index contributed by atoms with van der Waals surface area (Å²) in [6.45, 7) is 4.06. The highest BCUT2D eigenvalue weighted by Crippen LogP contribution is 2.26. The molecule has 0 aliphatic carbocycles. The van der Waals surface area contributed by atoms with Gasteiger partial charge in [0.05, 0.1) is 36.0 Å². The maximum Gasteiger partial charge on any atom is 0.258 e. The second-order valence-electron chi connectivity index (χ2n) is 7.90. The largest absolute Gasteiger partial charge is 0.495 e. The number of rotatable bonds is 5. The van der Waals surface area contributed by atoms with Crippen molar-refractivity contribution in [2.45, 2.75) is 19.4 Å². The fourth-order valence-corrected chi connectivity index (χ4v) is 3.94. The normalized spacial score (nSPS) is 17.2. The first-order valence-electron chi connectivity index (χ1n) is 11.0. The molecular weight excluding hydrogens is 416 g/mol. The van der Waals surface area contributed by atoms with Gasteiger partial charge in [0.1, 0.15) is 11.6 Å². The number of amides is 1. The van der Waals surface area contributed by atoms with Crippen molar-refractivity contribution in [3.05, 3.63) is 78.5 Å². The van der Waals surface area contributed by atoms with Crippen LogP contribution in [0.4, 0.5) is 5.82 Å². The summed E-state index contributed by atoms with van der Waals surface area (Å²) >= 11 is 0. The SMILES string of the molecule is COc1ccc(N2CCC(C)N(C(=O)/C(=C(/N)c3ccccn3)c3ccccn3)CC2)nc1. The Kier molecular flexibility index (Phi) is 6.83. The predicted octanol–water partition coefficient (Wildman–Crippen LogP) is 2.83. The van der Waals surface area contributed by atoms with E-state index in [2.05, 4.69) is 26.8 Å².